The predicted molar refractivity (Wildman–Crippen MR) is 65.6 cm³/mol. The summed E-state index contributed by atoms with van der Waals surface area (Å²) in [4.78, 5) is 19.8. The highest BCUT2D eigenvalue weighted by Crippen LogP contribution is 2.28. The lowest BCUT2D eigenvalue weighted by atomic mass is 10.3. The average molecular weight is 309 g/mol. The molecule has 1 aromatic rings. The number of likely N-dealkylation sites (N-methyl/N-ethyl adjacent to an activating group) is 1. The number of sulfonamides is 1. The van der Waals surface area contributed by atoms with Crippen LogP contribution in [0.5, 0.6) is 0 Å². The fourth-order valence-electron chi connectivity index (χ4n) is 1.25. The van der Waals surface area contributed by atoms with Gasteiger partial charge in [-0.1, -0.05) is 11.6 Å². The van der Waals surface area contributed by atoms with E-state index in [2.05, 4.69) is 0 Å². The highest BCUT2D eigenvalue weighted by Gasteiger charge is 2.27. The van der Waals surface area contributed by atoms with Crippen molar-refractivity contribution in [2.75, 3.05) is 13.6 Å². The molecule has 19 heavy (non-hydrogen) atoms. The van der Waals surface area contributed by atoms with Crippen molar-refractivity contribution in [3.63, 3.8) is 0 Å². The largest absolute Gasteiger partial charge is 0.480 e. The van der Waals surface area contributed by atoms with E-state index >= 15 is 0 Å². The molecule has 0 radical (unpaired) electrons. The van der Waals surface area contributed by atoms with Crippen LogP contribution in [-0.2, 0) is 14.8 Å². The second-order valence-electron chi connectivity index (χ2n) is 3.53. The Morgan fingerprint density at radius 3 is 2.58 bits per heavy atom. The van der Waals surface area contributed by atoms with E-state index in [1.165, 1.54) is 0 Å². The van der Waals surface area contributed by atoms with Gasteiger partial charge in [0, 0.05) is 19.2 Å². The fourth-order valence-corrected chi connectivity index (χ4v) is 2.86. The van der Waals surface area contributed by atoms with Crippen molar-refractivity contribution >= 4 is 33.3 Å². The van der Waals surface area contributed by atoms with E-state index in [0.717, 1.165) is 25.2 Å². The molecule has 0 aliphatic carbocycles. The van der Waals surface area contributed by atoms with Gasteiger partial charge >= 0.3 is 5.97 Å². The summed E-state index contributed by atoms with van der Waals surface area (Å²) in [6, 6.07) is 2.91. The number of aliphatic carboxylic acids is 1. The molecule has 8 nitrogen and oxygen atoms in total. The highest BCUT2D eigenvalue weighted by molar-refractivity contribution is 7.89. The Balaban J connectivity index is 3.31. The van der Waals surface area contributed by atoms with E-state index < -0.39 is 38.0 Å². The number of rotatable bonds is 5. The van der Waals surface area contributed by atoms with Crippen molar-refractivity contribution in [2.24, 2.45) is 0 Å². The molecule has 0 amide bonds. The molecule has 0 saturated heterocycles. The quantitative estimate of drug-likeness (QED) is 0.639. The molecule has 0 aromatic heterocycles. The van der Waals surface area contributed by atoms with Crippen LogP contribution in [0.3, 0.4) is 0 Å². The number of non-ortho nitro benzene ring substituents is 1. The molecule has 104 valence electrons. The van der Waals surface area contributed by atoms with Crippen molar-refractivity contribution in [3.8, 4) is 0 Å². The molecule has 0 unspecified atom stereocenters. The third-order valence-electron chi connectivity index (χ3n) is 2.17. The summed E-state index contributed by atoms with van der Waals surface area (Å²) >= 11 is 5.69. The Labute approximate surface area is 113 Å². The summed E-state index contributed by atoms with van der Waals surface area (Å²) in [6.07, 6.45) is 0. The highest BCUT2D eigenvalue weighted by atomic mass is 35.5. The number of nitro benzene ring substituents is 1. The molecule has 1 rings (SSSR count). The maximum absolute atomic E-state index is 12.0. The van der Waals surface area contributed by atoms with Crippen LogP contribution in [0, 0.1) is 10.1 Å². The van der Waals surface area contributed by atoms with Gasteiger partial charge < -0.3 is 5.11 Å². The van der Waals surface area contributed by atoms with Crippen LogP contribution < -0.4 is 0 Å². The summed E-state index contributed by atoms with van der Waals surface area (Å²) in [5, 5.41) is 18.9. The van der Waals surface area contributed by atoms with Gasteiger partial charge in [0.15, 0.2) is 0 Å². The summed E-state index contributed by atoms with van der Waals surface area (Å²) < 4.78 is 24.6. The first-order chi connectivity index (χ1) is 8.66. The number of hydrogen-bond acceptors (Lipinski definition) is 5. The van der Waals surface area contributed by atoms with E-state index in [1.807, 2.05) is 0 Å². The smallest absolute Gasteiger partial charge is 0.318 e. The van der Waals surface area contributed by atoms with Crippen LogP contribution in [0.15, 0.2) is 23.1 Å². The van der Waals surface area contributed by atoms with Crippen molar-refractivity contribution in [3.05, 3.63) is 33.3 Å². The minimum absolute atomic E-state index is 0.220. The maximum Gasteiger partial charge on any atom is 0.318 e. The number of nitro groups is 1. The molecular formula is C9H9ClN2O6S. The average Bonchev–Trinajstić information content (AvgIpc) is 2.27. The monoisotopic (exact) mass is 308 g/mol. The van der Waals surface area contributed by atoms with Crippen LogP contribution in [0.1, 0.15) is 0 Å². The molecule has 1 aromatic carbocycles. The fraction of sp³-hybridized carbons (Fsp3) is 0.222. The van der Waals surface area contributed by atoms with E-state index in [4.69, 9.17) is 16.7 Å². The van der Waals surface area contributed by atoms with Crippen LogP contribution in [0.2, 0.25) is 5.02 Å². The third-order valence-corrected chi connectivity index (χ3v) is 4.46. The second kappa shape index (κ2) is 5.51. The van der Waals surface area contributed by atoms with Crippen molar-refractivity contribution < 1.29 is 23.2 Å². The van der Waals surface area contributed by atoms with Gasteiger partial charge in [-0.3, -0.25) is 14.9 Å². The van der Waals surface area contributed by atoms with Crippen LogP contribution in [0.25, 0.3) is 0 Å². The zero-order valence-corrected chi connectivity index (χ0v) is 11.2. The topological polar surface area (TPSA) is 118 Å². The van der Waals surface area contributed by atoms with Gasteiger partial charge in [0.05, 0.1) is 9.95 Å². The Morgan fingerprint density at radius 2 is 2.11 bits per heavy atom. The SMILES string of the molecule is CN(CC(=O)O)S(=O)(=O)c1cc([N+](=O)[O-])ccc1Cl. The van der Waals surface area contributed by atoms with Gasteiger partial charge in [0.2, 0.25) is 10.0 Å². The molecular weight excluding hydrogens is 300 g/mol. The first kappa shape index (κ1) is 15.3. The van der Waals surface area contributed by atoms with Crippen LogP contribution >= 0.6 is 11.6 Å². The van der Waals surface area contributed by atoms with E-state index in [-0.39, 0.29) is 5.02 Å². The van der Waals surface area contributed by atoms with Crippen molar-refractivity contribution in [2.45, 2.75) is 4.90 Å². The minimum atomic E-state index is -4.20. The lowest BCUT2D eigenvalue weighted by Gasteiger charge is -2.15. The number of hydrogen-bond donors (Lipinski definition) is 1. The van der Waals surface area contributed by atoms with Gasteiger partial charge in [-0.2, -0.15) is 4.31 Å². The van der Waals surface area contributed by atoms with Crippen molar-refractivity contribution in [1.82, 2.24) is 4.31 Å². The van der Waals surface area contributed by atoms with Gasteiger partial charge in [-0.15, -0.1) is 0 Å². The van der Waals surface area contributed by atoms with Gasteiger partial charge in [-0.25, -0.2) is 8.42 Å². The van der Waals surface area contributed by atoms with Crippen LogP contribution in [-0.4, -0.2) is 42.3 Å². The van der Waals surface area contributed by atoms with Gasteiger partial charge in [0.1, 0.15) is 11.4 Å². The molecule has 0 spiro atoms. The molecule has 1 N–H and O–H groups in total. The number of halogens is 1. The molecule has 0 fully saturated rings. The Kier molecular flexibility index (Phi) is 4.45. The number of carbonyl (C=O) groups is 1. The first-order valence-electron chi connectivity index (χ1n) is 4.78. The third kappa shape index (κ3) is 3.40. The molecule has 0 aliphatic heterocycles. The molecule has 0 saturated carbocycles. The van der Waals surface area contributed by atoms with Gasteiger partial charge in [-0.05, 0) is 6.07 Å². The Bertz CT molecular complexity index is 630. The number of benzene rings is 1. The molecule has 10 heteroatoms. The number of carboxylic acid groups (broad SMARTS) is 1. The second-order valence-corrected chi connectivity index (χ2v) is 5.95. The standard InChI is InChI=1S/C9H9ClN2O6S/c1-11(5-9(13)14)19(17,18)8-4-6(12(15)16)2-3-7(8)10/h2-4H,5H2,1H3,(H,13,14). The summed E-state index contributed by atoms with van der Waals surface area (Å²) in [6.45, 7) is -0.776. The number of carboxylic acids is 1. The Hall–Kier alpha value is -1.71. The van der Waals surface area contributed by atoms with E-state index in [1.54, 1.807) is 0 Å². The van der Waals surface area contributed by atoms with Crippen LogP contribution in [0.4, 0.5) is 5.69 Å². The first-order valence-corrected chi connectivity index (χ1v) is 6.60. The van der Waals surface area contributed by atoms with E-state index in [9.17, 15) is 23.3 Å². The van der Waals surface area contributed by atoms with Gasteiger partial charge in [0.25, 0.3) is 5.69 Å². The zero-order valence-electron chi connectivity index (χ0n) is 9.61. The molecule has 0 heterocycles. The van der Waals surface area contributed by atoms with Crippen molar-refractivity contribution in [1.29, 1.82) is 0 Å². The molecule has 0 aliphatic rings. The Morgan fingerprint density at radius 1 is 1.53 bits per heavy atom. The zero-order chi connectivity index (χ0) is 14.8. The maximum atomic E-state index is 12.0. The summed E-state index contributed by atoms with van der Waals surface area (Å²) in [5.41, 5.74) is -0.452. The normalized spacial score (nSPS) is 11.5. The van der Waals surface area contributed by atoms with E-state index in [0.29, 0.717) is 4.31 Å². The lowest BCUT2D eigenvalue weighted by Crippen LogP contribution is -2.32. The predicted octanol–water partition coefficient (Wildman–Crippen LogP) is 0.953. The molecule has 0 atom stereocenters. The molecule has 0 bridgehead atoms. The summed E-state index contributed by atoms with van der Waals surface area (Å²) in [7, 11) is -3.16. The summed E-state index contributed by atoms with van der Waals surface area (Å²) in [5.74, 6) is -1.35. The number of nitrogens with zero attached hydrogens (tertiary/aromatic N) is 2. The minimum Gasteiger partial charge on any atom is -0.480 e. The lowest BCUT2D eigenvalue weighted by molar-refractivity contribution is -0.385.